The van der Waals surface area contributed by atoms with Crippen LogP contribution in [0.2, 0.25) is 0 Å². The van der Waals surface area contributed by atoms with E-state index in [1.165, 1.54) is 11.3 Å². The lowest BCUT2D eigenvalue weighted by molar-refractivity contribution is 0.0716. The number of amides is 2. The fourth-order valence-corrected chi connectivity index (χ4v) is 4.67. The van der Waals surface area contributed by atoms with Gasteiger partial charge in [0, 0.05) is 30.8 Å². The Bertz CT molecular complexity index is 1080. The summed E-state index contributed by atoms with van der Waals surface area (Å²) in [7, 11) is 0. The topological polar surface area (TPSA) is 75.4 Å². The molecule has 1 saturated heterocycles. The first kappa shape index (κ1) is 20.3. The van der Waals surface area contributed by atoms with E-state index in [4.69, 9.17) is 4.52 Å². The number of hydrogen-bond donors (Lipinski definition) is 1. The maximum atomic E-state index is 12.6. The highest BCUT2D eigenvalue weighted by Gasteiger charge is 2.28. The van der Waals surface area contributed by atoms with Crippen LogP contribution in [0.15, 0.2) is 40.2 Å². The van der Waals surface area contributed by atoms with Crippen LogP contribution in [0.1, 0.15) is 61.4 Å². The van der Waals surface area contributed by atoms with Crippen molar-refractivity contribution in [1.82, 2.24) is 10.1 Å². The fourth-order valence-electron chi connectivity index (χ4n) is 3.80. The number of aryl methyl sites for hydroxylation is 3. The van der Waals surface area contributed by atoms with Crippen molar-refractivity contribution in [3.63, 3.8) is 0 Å². The van der Waals surface area contributed by atoms with Crippen LogP contribution in [0.3, 0.4) is 0 Å². The molecule has 1 N–H and O–H groups in total. The van der Waals surface area contributed by atoms with E-state index in [1.807, 2.05) is 55.3 Å². The van der Waals surface area contributed by atoms with E-state index in [2.05, 4.69) is 10.5 Å². The molecule has 1 fully saturated rings. The third-order valence-electron chi connectivity index (χ3n) is 5.52. The summed E-state index contributed by atoms with van der Waals surface area (Å²) in [5.74, 6) is 0.185. The molecule has 0 spiro atoms. The molecule has 0 aliphatic carbocycles. The van der Waals surface area contributed by atoms with E-state index in [0.29, 0.717) is 13.1 Å². The number of piperidine rings is 1. The number of anilines is 1. The lowest BCUT2D eigenvalue weighted by Gasteiger charge is -2.30. The quantitative estimate of drug-likeness (QED) is 0.645. The standard InChI is InChI=1S/C23H25N3O3S/c1-14-4-5-18(16(3)10-14)24-22(27)20-12-19(25-29-20)17-6-8-26(9-7-17)23(28)21-11-15(2)13-30-21/h4-5,10-13,17H,6-9H2,1-3H3,(H,24,27). The van der Waals surface area contributed by atoms with Gasteiger partial charge in [-0.05, 0) is 62.3 Å². The van der Waals surface area contributed by atoms with Gasteiger partial charge in [-0.15, -0.1) is 11.3 Å². The van der Waals surface area contributed by atoms with Crippen molar-refractivity contribution in [2.24, 2.45) is 0 Å². The maximum absolute atomic E-state index is 12.6. The number of rotatable bonds is 4. The molecule has 6 nitrogen and oxygen atoms in total. The van der Waals surface area contributed by atoms with E-state index in [9.17, 15) is 9.59 Å². The van der Waals surface area contributed by atoms with E-state index in [0.717, 1.165) is 45.8 Å². The molecule has 2 aromatic heterocycles. The number of carbonyl (C=O) groups is 2. The Morgan fingerprint density at radius 1 is 1.10 bits per heavy atom. The third-order valence-corrected chi connectivity index (χ3v) is 6.56. The largest absolute Gasteiger partial charge is 0.351 e. The van der Waals surface area contributed by atoms with Gasteiger partial charge in [-0.1, -0.05) is 22.9 Å². The van der Waals surface area contributed by atoms with E-state index in [1.54, 1.807) is 6.07 Å². The van der Waals surface area contributed by atoms with Crippen molar-refractivity contribution in [2.75, 3.05) is 18.4 Å². The summed E-state index contributed by atoms with van der Waals surface area (Å²) in [6.45, 7) is 7.33. The molecule has 30 heavy (non-hydrogen) atoms. The van der Waals surface area contributed by atoms with E-state index in [-0.39, 0.29) is 23.5 Å². The average Bonchev–Trinajstić information content (AvgIpc) is 3.39. The zero-order valence-electron chi connectivity index (χ0n) is 17.4. The third kappa shape index (κ3) is 4.31. The van der Waals surface area contributed by atoms with Crippen LogP contribution < -0.4 is 5.32 Å². The molecular formula is C23H25N3O3S. The molecule has 0 unspecified atom stereocenters. The first-order valence-corrected chi connectivity index (χ1v) is 11.0. The van der Waals surface area contributed by atoms with E-state index < -0.39 is 0 Å². The van der Waals surface area contributed by atoms with Crippen molar-refractivity contribution in [3.8, 4) is 0 Å². The molecule has 2 amide bonds. The van der Waals surface area contributed by atoms with Gasteiger partial charge in [0.2, 0.25) is 5.76 Å². The Hall–Kier alpha value is -2.93. The van der Waals surface area contributed by atoms with Gasteiger partial charge in [0.1, 0.15) is 0 Å². The highest BCUT2D eigenvalue weighted by Crippen LogP contribution is 2.29. The smallest absolute Gasteiger partial charge is 0.294 e. The van der Waals surface area contributed by atoms with E-state index >= 15 is 0 Å². The zero-order valence-corrected chi connectivity index (χ0v) is 18.2. The second-order valence-corrected chi connectivity index (χ2v) is 8.85. The lowest BCUT2D eigenvalue weighted by Crippen LogP contribution is -2.37. The second-order valence-electron chi connectivity index (χ2n) is 7.94. The minimum atomic E-state index is -0.304. The molecule has 0 radical (unpaired) electrons. The average molecular weight is 424 g/mol. The molecule has 1 aromatic carbocycles. The Morgan fingerprint density at radius 3 is 2.53 bits per heavy atom. The summed E-state index contributed by atoms with van der Waals surface area (Å²) in [5.41, 5.74) is 4.80. The van der Waals surface area contributed by atoms with Crippen molar-refractivity contribution in [1.29, 1.82) is 0 Å². The van der Waals surface area contributed by atoms with Crippen molar-refractivity contribution in [2.45, 2.75) is 39.5 Å². The van der Waals surface area contributed by atoms with Gasteiger partial charge in [-0.3, -0.25) is 9.59 Å². The monoisotopic (exact) mass is 423 g/mol. The highest BCUT2D eigenvalue weighted by molar-refractivity contribution is 7.12. The minimum Gasteiger partial charge on any atom is -0.351 e. The number of carbonyl (C=O) groups excluding carboxylic acids is 2. The summed E-state index contributed by atoms with van der Waals surface area (Å²) < 4.78 is 5.32. The number of nitrogens with one attached hydrogen (secondary N) is 1. The molecule has 156 valence electrons. The van der Waals surface area contributed by atoms with Gasteiger partial charge < -0.3 is 14.7 Å². The number of thiophene rings is 1. The summed E-state index contributed by atoms with van der Waals surface area (Å²) in [6, 6.07) is 9.54. The normalized spacial score (nSPS) is 14.7. The zero-order chi connectivity index (χ0) is 21.3. The predicted molar refractivity (Wildman–Crippen MR) is 117 cm³/mol. The van der Waals surface area contributed by atoms with Crippen LogP contribution in [0.5, 0.6) is 0 Å². The van der Waals surface area contributed by atoms with Crippen LogP contribution in [0, 0.1) is 20.8 Å². The number of aromatic nitrogens is 1. The molecule has 7 heteroatoms. The predicted octanol–water partition coefficient (Wildman–Crippen LogP) is 4.93. The molecular weight excluding hydrogens is 398 g/mol. The minimum absolute atomic E-state index is 0.0974. The lowest BCUT2D eigenvalue weighted by atomic mass is 9.93. The van der Waals surface area contributed by atoms with Gasteiger partial charge in [0.05, 0.1) is 10.6 Å². The summed E-state index contributed by atoms with van der Waals surface area (Å²) >= 11 is 1.49. The molecule has 1 aliphatic rings. The Labute approximate surface area is 179 Å². The van der Waals surface area contributed by atoms with Crippen LogP contribution in [-0.4, -0.2) is 35.0 Å². The fraction of sp³-hybridized carbons (Fsp3) is 0.348. The molecule has 3 heterocycles. The highest BCUT2D eigenvalue weighted by atomic mass is 32.1. The van der Waals surface area contributed by atoms with Crippen LogP contribution >= 0.6 is 11.3 Å². The molecule has 0 atom stereocenters. The number of benzene rings is 1. The second kappa shape index (κ2) is 8.44. The molecule has 0 saturated carbocycles. The van der Waals surface area contributed by atoms with Crippen molar-refractivity contribution in [3.05, 3.63) is 68.7 Å². The van der Waals surface area contributed by atoms with Gasteiger partial charge in [-0.2, -0.15) is 0 Å². The first-order valence-electron chi connectivity index (χ1n) is 10.1. The summed E-state index contributed by atoms with van der Waals surface area (Å²) in [5, 5.41) is 9.02. The Kier molecular flexibility index (Phi) is 5.72. The number of hydrogen-bond acceptors (Lipinski definition) is 5. The number of nitrogens with zero attached hydrogens (tertiary/aromatic N) is 2. The van der Waals surface area contributed by atoms with Gasteiger partial charge in [0.15, 0.2) is 0 Å². The van der Waals surface area contributed by atoms with Gasteiger partial charge >= 0.3 is 0 Å². The Morgan fingerprint density at radius 2 is 1.87 bits per heavy atom. The molecule has 3 aromatic rings. The van der Waals surface area contributed by atoms with Gasteiger partial charge in [0.25, 0.3) is 11.8 Å². The Balaban J connectivity index is 1.36. The van der Waals surface area contributed by atoms with Crippen LogP contribution in [0.4, 0.5) is 5.69 Å². The van der Waals surface area contributed by atoms with Crippen molar-refractivity contribution < 1.29 is 14.1 Å². The summed E-state index contributed by atoms with van der Waals surface area (Å²) in [6.07, 6.45) is 1.61. The first-order chi connectivity index (χ1) is 14.4. The van der Waals surface area contributed by atoms with Gasteiger partial charge in [-0.25, -0.2) is 0 Å². The maximum Gasteiger partial charge on any atom is 0.294 e. The van der Waals surface area contributed by atoms with Crippen molar-refractivity contribution >= 4 is 28.8 Å². The molecule has 1 aliphatic heterocycles. The number of likely N-dealkylation sites (tertiary alicyclic amines) is 1. The SMILES string of the molecule is Cc1csc(C(=O)N2CCC(c3cc(C(=O)Nc4ccc(C)cc4C)on3)CC2)c1. The molecule has 4 rings (SSSR count). The van der Waals surface area contributed by atoms with Crippen LogP contribution in [-0.2, 0) is 0 Å². The molecule has 0 bridgehead atoms. The van der Waals surface area contributed by atoms with Crippen LogP contribution in [0.25, 0.3) is 0 Å². The summed E-state index contributed by atoms with van der Waals surface area (Å²) in [4.78, 5) is 27.9.